The molecule has 2 aliphatic rings. The standard InChI is InChI=1S/C7H13N.ClH/c8-5-7-3-1-2-6(7)4-7;/h6H,1-5,8H2;1H. The Morgan fingerprint density at radius 3 is 2.56 bits per heavy atom. The Labute approximate surface area is 62.4 Å². The molecule has 2 heteroatoms. The van der Waals surface area contributed by atoms with E-state index in [1.54, 1.807) is 0 Å². The number of hydrogen-bond donors (Lipinski definition) is 1. The summed E-state index contributed by atoms with van der Waals surface area (Å²) in [5.74, 6) is 1.05. The zero-order valence-corrected chi connectivity index (χ0v) is 6.41. The summed E-state index contributed by atoms with van der Waals surface area (Å²) in [5.41, 5.74) is 6.29. The van der Waals surface area contributed by atoms with Crippen molar-refractivity contribution in [2.45, 2.75) is 25.7 Å². The molecule has 2 unspecified atom stereocenters. The van der Waals surface area contributed by atoms with Gasteiger partial charge in [0.25, 0.3) is 0 Å². The first-order valence-corrected chi connectivity index (χ1v) is 3.57. The third kappa shape index (κ3) is 0.870. The highest BCUT2D eigenvalue weighted by Gasteiger charge is 2.55. The van der Waals surface area contributed by atoms with Crippen LogP contribution in [-0.4, -0.2) is 6.54 Å². The molecule has 0 bridgehead atoms. The van der Waals surface area contributed by atoms with Gasteiger partial charge in [-0.3, -0.25) is 0 Å². The van der Waals surface area contributed by atoms with Crippen molar-refractivity contribution in [3.05, 3.63) is 0 Å². The molecule has 2 aliphatic carbocycles. The normalized spacial score (nSPS) is 45.7. The van der Waals surface area contributed by atoms with Crippen LogP contribution in [0.5, 0.6) is 0 Å². The molecule has 0 heterocycles. The average Bonchev–Trinajstić information content (AvgIpc) is 2.38. The summed E-state index contributed by atoms with van der Waals surface area (Å²) < 4.78 is 0. The van der Waals surface area contributed by atoms with Gasteiger partial charge in [0.2, 0.25) is 0 Å². The fraction of sp³-hybridized carbons (Fsp3) is 1.00. The smallest absolute Gasteiger partial charge is 0.00178 e. The van der Waals surface area contributed by atoms with E-state index in [4.69, 9.17) is 5.73 Å². The molecule has 1 nitrogen and oxygen atoms in total. The first kappa shape index (κ1) is 7.36. The molecule has 0 aromatic carbocycles. The van der Waals surface area contributed by atoms with E-state index in [1.165, 1.54) is 25.7 Å². The summed E-state index contributed by atoms with van der Waals surface area (Å²) in [6.45, 7) is 0.956. The Morgan fingerprint density at radius 2 is 2.33 bits per heavy atom. The minimum atomic E-state index is 0. The second kappa shape index (κ2) is 2.14. The average molecular weight is 148 g/mol. The van der Waals surface area contributed by atoms with Gasteiger partial charge in [-0.2, -0.15) is 0 Å². The largest absolute Gasteiger partial charge is 0.330 e. The van der Waals surface area contributed by atoms with Gasteiger partial charge in [0.1, 0.15) is 0 Å². The van der Waals surface area contributed by atoms with Crippen molar-refractivity contribution in [2.24, 2.45) is 17.1 Å². The van der Waals surface area contributed by atoms with E-state index in [-0.39, 0.29) is 12.4 Å². The molecule has 0 saturated heterocycles. The zero-order valence-electron chi connectivity index (χ0n) is 5.60. The van der Waals surface area contributed by atoms with Gasteiger partial charge in [-0.1, -0.05) is 6.42 Å². The van der Waals surface area contributed by atoms with Gasteiger partial charge >= 0.3 is 0 Å². The molecule has 2 saturated carbocycles. The fourth-order valence-corrected chi connectivity index (χ4v) is 2.20. The van der Waals surface area contributed by atoms with E-state index in [2.05, 4.69) is 0 Å². The van der Waals surface area contributed by atoms with Crippen LogP contribution in [0.15, 0.2) is 0 Å². The quantitative estimate of drug-likeness (QED) is 0.599. The SMILES string of the molecule is Cl.NCC12CCCC1C2. The predicted molar refractivity (Wildman–Crippen MR) is 40.7 cm³/mol. The van der Waals surface area contributed by atoms with Crippen LogP contribution < -0.4 is 5.73 Å². The number of fused-ring (bicyclic) bond motifs is 1. The van der Waals surface area contributed by atoms with Crippen LogP contribution in [0, 0.1) is 11.3 Å². The van der Waals surface area contributed by atoms with E-state index in [0.29, 0.717) is 5.41 Å². The third-order valence-corrected chi connectivity index (χ3v) is 2.99. The highest BCUT2D eigenvalue weighted by Crippen LogP contribution is 2.62. The van der Waals surface area contributed by atoms with Crippen molar-refractivity contribution in [1.29, 1.82) is 0 Å². The molecular formula is C7H14ClN. The van der Waals surface area contributed by atoms with Crippen molar-refractivity contribution in [3.8, 4) is 0 Å². The summed E-state index contributed by atoms with van der Waals surface area (Å²) in [6, 6.07) is 0. The van der Waals surface area contributed by atoms with Crippen molar-refractivity contribution in [3.63, 3.8) is 0 Å². The summed E-state index contributed by atoms with van der Waals surface area (Å²) in [6.07, 6.45) is 5.79. The van der Waals surface area contributed by atoms with Gasteiger partial charge in [0.15, 0.2) is 0 Å². The number of nitrogens with two attached hydrogens (primary N) is 1. The van der Waals surface area contributed by atoms with E-state index in [0.717, 1.165) is 12.5 Å². The number of hydrogen-bond acceptors (Lipinski definition) is 1. The molecule has 54 valence electrons. The Kier molecular flexibility index (Phi) is 1.75. The summed E-state index contributed by atoms with van der Waals surface area (Å²) in [7, 11) is 0. The van der Waals surface area contributed by atoms with Crippen LogP contribution in [0.4, 0.5) is 0 Å². The van der Waals surface area contributed by atoms with Crippen molar-refractivity contribution >= 4 is 12.4 Å². The van der Waals surface area contributed by atoms with Gasteiger partial charge in [0, 0.05) is 0 Å². The van der Waals surface area contributed by atoms with E-state index in [9.17, 15) is 0 Å². The second-order valence-electron chi connectivity index (χ2n) is 3.36. The minimum Gasteiger partial charge on any atom is -0.330 e. The Hall–Kier alpha value is 0.250. The lowest BCUT2D eigenvalue weighted by atomic mass is 10.1. The van der Waals surface area contributed by atoms with Gasteiger partial charge in [-0.25, -0.2) is 0 Å². The molecule has 0 aromatic rings. The number of rotatable bonds is 1. The highest BCUT2D eigenvalue weighted by atomic mass is 35.5. The molecule has 0 aromatic heterocycles. The van der Waals surface area contributed by atoms with Gasteiger partial charge in [-0.05, 0) is 37.1 Å². The van der Waals surface area contributed by atoms with E-state index in [1.807, 2.05) is 0 Å². The van der Waals surface area contributed by atoms with Gasteiger partial charge in [-0.15, -0.1) is 12.4 Å². The maximum atomic E-state index is 5.61. The Balaban J connectivity index is 0.000000405. The summed E-state index contributed by atoms with van der Waals surface area (Å²) in [4.78, 5) is 0. The molecule has 2 atom stereocenters. The topological polar surface area (TPSA) is 26.0 Å². The van der Waals surface area contributed by atoms with Crippen LogP contribution >= 0.6 is 12.4 Å². The second-order valence-corrected chi connectivity index (χ2v) is 3.36. The zero-order chi connectivity index (χ0) is 5.61. The first-order chi connectivity index (χ1) is 3.87. The Bertz CT molecular complexity index is 111. The molecule has 2 fully saturated rings. The van der Waals surface area contributed by atoms with E-state index >= 15 is 0 Å². The molecule has 2 N–H and O–H groups in total. The lowest BCUT2D eigenvalue weighted by Crippen LogP contribution is -2.14. The molecule has 0 aliphatic heterocycles. The first-order valence-electron chi connectivity index (χ1n) is 3.57. The van der Waals surface area contributed by atoms with Crippen molar-refractivity contribution in [1.82, 2.24) is 0 Å². The van der Waals surface area contributed by atoms with Crippen molar-refractivity contribution in [2.75, 3.05) is 6.54 Å². The van der Waals surface area contributed by atoms with Crippen LogP contribution in [-0.2, 0) is 0 Å². The molecular weight excluding hydrogens is 134 g/mol. The summed E-state index contributed by atoms with van der Waals surface area (Å²) in [5, 5.41) is 0. The maximum absolute atomic E-state index is 5.61. The van der Waals surface area contributed by atoms with Crippen LogP contribution in [0.25, 0.3) is 0 Å². The molecule has 0 spiro atoms. The monoisotopic (exact) mass is 147 g/mol. The van der Waals surface area contributed by atoms with Crippen LogP contribution in [0.2, 0.25) is 0 Å². The third-order valence-electron chi connectivity index (χ3n) is 2.99. The lowest BCUT2D eigenvalue weighted by Gasteiger charge is -2.04. The van der Waals surface area contributed by atoms with Gasteiger partial charge in [0.05, 0.1) is 0 Å². The summed E-state index contributed by atoms with van der Waals surface area (Å²) >= 11 is 0. The number of halogens is 1. The molecule has 0 amide bonds. The molecule has 0 radical (unpaired) electrons. The molecule has 9 heavy (non-hydrogen) atoms. The predicted octanol–water partition coefficient (Wildman–Crippen LogP) is 1.56. The van der Waals surface area contributed by atoms with Gasteiger partial charge < -0.3 is 5.73 Å². The maximum Gasteiger partial charge on any atom is -0.00178 e. The fourth-order valence-electron chi connectivity index (χ4n) is 2.20. The highest BCUT2D eigenvalue weighted by molar-refractivity contribution is 5.85. The Morgan fingerprint density at radius 1 is 1.56 bits per heavy atom. The van der Waals surface area contributed by atoms with Crippen LogP contribution in [0.3, 0.4) is 0 Å². The van der Waals surface area contributed by atoms with Crippen LogP contribution in [0.1, 0.15) is 25.7 Å². The lowest BCUT2D eigenvalue weighted by molar-refractivity contribution is 0.501. The van der Waals surface area contributed by atoms with E-state index < -0.39 is 0 Å². The molecule has 2 rings (SSSR count). The van der Waals surface area contributed by atoms with Crippen molar-refractivity contribution < 1.29 is 0 Å². The minimum absolute atomic E-state index is 0.